The predicted octanol–water partition coefficient (Wildman–Crippen LogP) is -0.676. The Labute approximate surface area is 80.7 Å². The van der Waals surface area contributed by atoms with Crippen molar-refractivity contribution in [2.24, 2.45) is 5.73 Å². The molecule has 0 fully saturated rings. The van der Waals surface area contributed by atoms with E-state index in [1.807, 2.05) is 6.26 Å². The summed E-state index contributed by atoms with van der Waals surface area (Å²) in [5, 5.41) is 8.27. The molecule has 1 atom stereocenters. The van der Waals surface area contributed by atoms with Crippen molar-refractivity contribution < 1.29 is 32.4 Å². The van der Waals surface area contributed by atoms with Gasteiger partial charge in [-0.25, -0.2) is 0 Å². The van der Waals surface area contributed by atoms with Gasteiger partial charge in [0.15, 0.2) is 0 Å². The van der Waals surface area contributed by atoms with Crippen molar-refractivity contribution in [2.75, 3.05) is 12.0 Å². The predicted molar refractivity (Wildman–Crippen MR) is 42.2 cm³/mol. The summed E-state index contributed by atoms with van der Waals surface area (Å²) in [5.41, 5.74) is 5.19. The molecule has 70 valence electrons. The molecular formula is C5H13FeNO3S. The number of aliphatic carboxylic acids is 1. The Morgan fingerprint density at radius 2 is 2.18 bits per heavy atom. The molecule has 0 aromatic rings. The normalized spacial score (nSPS) is 10.7. The fourth-order valence-electron chi connectivity index (χ4n) is 0.368. The number of nitrogens with two attached hydrogens (primary N) is 1. The number of hydrogen-bond donors (Lipinski definition) is 2. The smallest absolute Gasteiger partial charge is 0.320 e. The van der Waals surface area contributed by atoms with Crippen LogP contribution in [0.25, 0.3) is 0 Å². The number of hydrogen-bond acceptors (Lipinski definition) is 3. The van der Waals surface area contributed by atoms with E-state index in [1.54, 1.807) is 11.8 Å². The summed E-state index contributed by atoms with van der Waals surface area (Å²) in [6.45, 7) is 0. The second kappa shape index (κ2) is 10.3. The van der Waals surface area contributed by atoms with Crippen LogP contribution in [0.4, 0.5) is 0 Å². The van der Waals surface area contributed by atoms with Gasteiger partial charge in [0, 0.05) is 17.1 Å². The number of rotatable bonds is 4. The summed E-state index contributed by atoms with van der Waals surface area (Å²) in [5.74, 6) is -0.1000. The molecule has 0 saturated carbocycles. The molecule has 4 nitrogen and oxygen atoms in total. The van der Waals surface area contributed by atoms with Crippen LogP contribution in [0.3, 0.4) is 0 Å². The summed E-state index contributed by atoms with van der Waals surface area (Å²) in [6, 6.07) is -0.683. The standard InChI is InChI=1S/C5H11NO2S.Fe.H2O/c1-9-3-2-4(6)5(7)8;;/h4H,2-3,6H2,1H3,(H,7,8);;1H2/t4-;;/m0../s1. The number of carbonyl (C=O) groups is 1. The van der Waals surface area contributed by atoms with Crippen LogP contribution in [0.5, 0.6) is 0 Å². The van der Waals surface area contributed by atoms with Crippen LogP contribution < -0.4 is 5.73 Å². The van der Waals surface area contributed by atoms with Crippen molar-refractivity contribution in [1.29, 1.82) is 0 Å². The van der Waals surface area contributed by atoms with Crippen molar-refractivity contribution in [3.05, 3.63) is 0 Å². The third kappa shape index (κ3) is 10.3. The van der Waals surface area contributed by atoms with Gasteiger partial charge < -0.3 is 16.3 Å². The molecule has 0 bridgehead atoms. The molecule has 0 saturated heterocycles. The van der Waals surface area contributed by atoms with Crippen molar-refractivity contribution in [3.63, 3.8) is 0 Å². The second-order valence-corrected chi connectivity index (χ2v) is 2.71. The van der Waals surface area contributed by atoms with Crippen LogP contribution in [0.2, 0.25) is 0 Å². The summed E-state index contributed by atoms with van der Waals surface area (Å²) in [7, 11) is 0. The topological polar surface area (TPSA) is 94.8 Å². The maximum Gasteiger partial charge on any atom is 0.320 e. The van der Waals surface area contributed by atoms with E-state index in [1.165, 1.54) is 0 Å². The summed E-state index contributed by atoms with van der Waals surface area (Å²) in [4.78, 5) is 10.1. The zero-order valence-corrected chi connectivity index (χ0v) is 8.11. The molecule has 5 N–H and O–H groups in total. The van der Waals surface area contributed by atoms with E-state index in [0.717, 1.165) is 5.75 Å². The first-order chi connectivity index (χ1) is 4.18. The van der Waals surface area contributed by atoms with Gasteiger partial charge in [0.1, 0.15) is 6.04 Å². The Morgan fingerprint density at radius 3 is 2.45 bits per heavy atom. The van der Waals surface area contributed by atoms with Gasteiger partial charge in [0.05, 0.1) is 0 Å². The zero-order chi connectivity index (χ0) is 7.28. The van der Waals surface area contributed by atoms with Crippen LogP contribution in [0.15, 0.2) is 0 Å². The Bertz CT molecular complexity index is 104. The maximum absolute atomic E-state index is 10.1. The van der Waals surface area contributed by atoms with E-state index in [4.69, 9.17) is 10.8 Å². The molecule has 0 heterocycles. The largest absolute Gasteiger partial charge is 0.480 e. The fraction of sp³-hybridized carbons (Fsp3) is 0.800. The van der Waals surface area contributed by atoms with Gasteiger partial charge in [-0.15, -0.1) is 0 Å². The summed E-state index contributed by atoms with van der Waals surface area (Å²) < 4.78 is 0. The van der Waals surface area contributed by atoms with E-state index >= 15 is 0 Å². The molecule has 0 radical (unpaired) electrons. The molecule has 0 aromatic heterocycles. The first-order valence-electron chi connectivity index (χ1n) is 2.65. The average molecular weight is 223 g/mol. The number of thioether (sulfide) groups is 1. The molecule has 11 heavy (non-hydrogen) atoms. The van der Waals surface area contributed by atoms with E-state index in [-0.39, 0.29) is 22.5 Å². The summed E-state index contributed by atoms with van der Waals surface area (Å²) >= 11 is 1.60. The number of carboxylic acids is 1. The van der Waals surface area contributed by atoms with Crippen molar-refractivity contribution in [3.8, 4) is 0 Å². The average Bonchev–Trinajstić information content (AvgIpc) is 1.82. The van der Waals surface area contributed by atoms with E-state index in [0.29, 0.717) is 6.42 Å². The quantitative estimate of drug-likeness (QED) is 0.617. The van der Waals surface area contributed by atoms with Crippen molar-refractivity contribution in [1.82, 2.24) is 0 Å². The molecule has 0 aliphatic rings. The molecule has 0 aliphatic carbocycles. The van der Waals surface area contributed by atoms with Gasteiger partial charge >= 0.3 is 5.97 Å². The first-order valence-corrected chi connectivity index (χ1v) is 4.05. The zero-order valence-electron chi connectivity index (χ0n) is 6.19. The van der Waals surface area contributed by atoms with E-state index < -0.39 is 12.0 Å². The van der Waals surface area contributed by atoms with Gasteiger partial charge in [0.25, 0.3) is 0 Å². The third-order valence-electron chi connectivity index (χ3n) is 0.950. The van der Waals surface area contributed by atoms with Gasteiger partial charge in [-0.1, -0.05) is 0 Å². The van der Waals surface area contributed by atoms with Crippen molar-refractivity contribution >= 4 is 17.7 Å². The minimum atomic E-state index is -0.913. The molecule has 0 unspecified atom stereocenters. The molecule has 0 amide bonds. The van der Waals surface area contributed by atoms with Crippen molar-refractivity contribution in [2.45, 2.75) is 12.5 Å². The Morgan fingerprint density at radius 1 is 1.73 bits per heavy atom. The van der Waals surface area contributed by atoms with Crippen LogP contribution in [0, 0.1) is 0 Å². The first kappa shape index (κ1) is 17.4. The third-order valence-corrected chi connectivity index (χ3v) is 1.59. The maximum atomic E-state index is 10.1. The van der Waals surface area contributed by atoms with Crippen LogP contribution >= 0.6 is 11.8 Å². The van der Waals surface area contributed by atoms with Crippen LogP contribution in [-0.4, -0.2) is 34.6 Å². The van der Waals surface area contributed by atoms with E-state index in [9.17, 15) is 4.79 Å². The molecule has 0 spiro atoms. The van der Waals surface area contributed by atoms with Gasteiger partial charge in [-0.2, -0.15) is 11.8 Å². The van der Waals surface area contributed by atoms with Gasteiger partial charge in [0.2, 0.25) is 0 Å². The molecule has 0 aromatic carbocycles. The monoisotopic (exact) mass is 223 g/mol. The number of carboxylic acid groups (broad SMARTS) is 1. The molecule has 0 rings (SSSR count). The SMILES string of the molecule is CSCC[C@H](N)C(=O)O.O.[Fe]. The Hall–Kier alpha value is 0.259. The minimum Gasteiger partial charge on any atom is -0.480 e. The molecule has 0 aliphatic heterocycles. The second-order valence-electron chi connectivity index (χ2n) is 1.73. The minimum absolute atomic E-state index is 0. The summed E-state index contributed by atoms with van der Waals surface area (Å²) in [6.07, 6.45) is 2.48. The Kier molecular flexibility index (Phi) is 16.2. The van der Waals surface area contributed by atoms with Crippen LogP contribution in [0.1, 0.15) is 6.42 Å². The van der Waals surface area contributed by atoms with E-state index in [2.05, 4.69) is 0 Å². The molecular weight excluding hydrogens is 210 g/mol. The van der Waals surface area contributed by atoms with Gasteiger partial charge in [-0.3, -0.25) is 4.79 Å². The Balaban J connectivity index is -0.000000320. The van der Waals surface area contributed by atoms with Gasteiger partial charge in [-0.05, 0) is 18.4 Å². The van der Waals surface area contributed by atoms with Crippen LogP contribution in [-0.2, 0) is 21.9 Å². The fourth-order valence-corrected chi connectivity index (χ4v) is 0.858. The molecule has 6 heteroatoms.